The number of aliphatic carboxylic acids is 1. The largest absolute Gasteiger partial charge is 0.494 e. The van der Waals surface area contributed by atoms with Gasteiger partial charge in [0, 0.05) is 24.1 Å². The number of esters is 1. The van der Waals surface area contributed by atoms with Crippen molar-refractivity contribution in [3.63, 3.8) is 0 Å². The molecule has 2 amide bonds. The third-order valence-corrected chi connectivity index (χ3v) is 6.81. The standard InChI is InChI=1S/C34H40N2O8/c1-4-6-7-8-9-19-43-27-16-14-24(15-17-27)34(41)44-29-18-13-23(21-30(29)42-3)20-28(33(39)40)36-32(38)25-11-10-12-26(22-25)35-31(37)5-2/h10-18,21-22,28H,4-9,19-20H2,1-3H3,(H,35,37)(H,36,38)(H,39,40). The van der Waals surface area contributed by atoms with Gasteiger partial charge in [-0.2, -0.15) is 0 Å². The number of carbonyl (C=O) groups is 4. The summed E-state index contributed by atoms with van der Waals surface area (Å²) in [5.74, 6) is -1.56. The molecule has 0 bridgehead atoms. The van der Waals surface area contributed by atoms with Crippen molar-refractivity contribution in [1.29, 1.82) is 0 Å². The summed E-state index contributed by atoms with van der Waals surface area (Å²) < 4.78 is 16.7. The fraction of sp³-hybridized carbons (Fsp3) is 0.353. The van der Waals surface area contributed by atoms with E-state index < -0.39 is 23.9 Å². The lowest BCUT2D eigenvalue weighted by Crippen LogP contribution is -2.42. The SMILES string of the molecule is CCCCCCCOc1ccc(C(=O)Oc2ccc(CC(NC(=O)c3cccc(NC(=O)CC)c3)C(=O)O)cc2OC)cc1. The van der Waals surface area contributed by atoms with Gasteiger partial charge in [0.2, 0.25) is 5.91 Å². The van der Waals surface area contributed by atoms with E-state index in [0.717, 1.165) is 12.8 Å². The van der Waals surface area contributed by atoms with Crippen molar-refractivity contribution in [3.8, 4) is 17.2 Å². The maximum Gasteiger partial charge on any atom is 0.343 e. The number of unbranched alkanes of at least 4 members (excludes halogenated alkanes) is 4. The molecule has 0 radical (unpaired) electrons. The fourth-order valence-electron chi connectivity index (χ4n) is 4.33. The Morgan fingerprint density at radius 3 is 2.27 bits per heavy atom. The number of nitrogens with one attached hydrogen (secondary N) is 2. The zero-order chi connectivity index (χ0) is 31.9. The summed E-state index contributed by atoms with van der Waals surface area (Å²) in [5.41, 5.74) is 1.50. The molecule has 0 fully saturated rings. The Labute approximate surface area is 257 Å². The number of hydrogen-bond donors (Lipinski definition) is 3. The number of benzene rings is 3. The predicted octanol–water partition coefficient (Wildman–Crippen LogP) is 6.04. The highest BCUT2D eigenvalue weighted by Crippen LogP contribution is 2.30. The monoisotopic (exact) mass is 604 g/mol. The number of amides is 2. The van der Waals surface area contributed by atoms with E-state index in [1.54, 1.807) is 55.5 Å². The van der Waals surface area contributed by atoms with E-state index in [9.17, 15) is 24.3 Å². The molecule has 1 unspecified atom stereocenters. The minimum atomic E-state index is -1.26. The van der Waals surface area contributed by atoms with Gasteiger partial charge < -0.3 is 30.0 Å². The molecule has 234 valence electrons. The first kappa shape index (κ1) is 33.6. The molecule has 0 saturated heterocycles. The molecule has 0 aliphatic rings. The molecule has 3 aromatic rings. The normalized spacial score (nSPS) is 11.2. The third kappa shape index (κ3) is 10.4. The van der Waals surface area contributed by atoms with Crippen molar-refractivity contribution in [1.82, 2.24) is 5.32 Å². The molecule has 0 aromatic heterocycles. The average molecular weight is 605 g/mol. The van der Waals surface area contributed by atoms with Crippen LogP contribution in [0, 0.1) is 0 Å². The zero-order valence-electron chi connectivity index (χ0n) is 25.4. The van der Waals surface area contributed by atoms with E-state index in [4.69, 9.17) is 14.2 Å². The van der Waals surface area contributed by atoms with Gasteiger partial charge in [-0.25, -0.2) is 9.59 Å². The molecule has 10 heteroatoms. The molecule has 0 spiro atoms. The Hall–Kier alpha value is -4.86. The predicted molar refractivity (Wildman–Crippen MR) is 167 cm³/mol. The molecule has 44 heavy (non-hydrogen) atoms. The number of carbonyl (C=O) groups excluding carboxylic acids is 3. The Bertz CT molecular complexity index is 1420. The molecule has 0 aliphatic carbocycles. The summed E-state index contributed by atoms with van der Waals surface area (Å²) in [4.78, 5) is 49.3. The molecular formula is C34H40N2O8. The molecule has 0 saturated carbocycles. The van der Waals surface area contributed by atoms with Crippen molar-refractivity contribution in [2.45, 2.75) is 64.8 Å². The lowest BCUT2D eigenvalue weighted by atomic mass is 10.0. The minimum Gasteiger partial charge on any atom is -0.494 e. The van der Waals surface area contributed by atoms with Gasteiger partial charge in [-0.1, -0.05) is 51.7 Å². The van der Waals surface area contributed by atoms with Crippen LogP contribution < -0.4 is 24.8 Å². The first-order chi connectivity index (χ1) is 21.2. The number of methoxy groups -OCH3 is 1. The summed E-state index contributed by atoms with van der Waals surface area (Å²) in [6.45, 7) is 4.51. The van der Waals surface area contributed by atoms with Crippen molar-refractivity contribution in [2.75, 3.05) is 19.0 Å². The Morgan fingerprint density at radius 1 is 0.841 bits per heavy atom. The summed E-state index contributed by atoms with van der Waals surface area (Å²) in [6, 6.07) is 16.4. The molecule has 3 rings (SSSR count). The van der Waals surface area contributed by atoms with E-state index >= 15 is 0 Å². The molecule has 0 aliphatic heterocycles. The fourth-order valence-corrected chi connectivity index (χ4v) is 4.33. The molecular weight excluding hydrogens is 564 g/mol. The summed E-state index contributed by atoms with van der Waals surface area (Å²) in [6.07, 6.45) is 5.94. The van der Waals surface area contributed by atoms with Crippen LogP contribution in [0.15, 0.2) is 66.7 Å². The zero-order valence-corrected chi connectivity index (χ0v) is 25.4. The Balaban J connectivity index is 1.61. The third-order valence-electron chi connectivity index (χ3n) is 6.81. The van der Waals surface area contributed by atoms with Crippen LogP contribution in [0.3, 0.4) is 0 Å². The Kier molecular flexibility index (Phi) is 13.2. The van der Waals surface area contributed by atoms with Crippen molar-refractivity contribution in [3.05, 3.63) is 83.4 Å². The van der Waals surface area contributed by atoms with E-state index in [0.29, 0.717) is 29.2 Å². The average Bonchev–Trinajstić information content (AvgIpc) is 3.03. The van der Waals surface area contributed by atoms with Crippen molar-refractivity contribution >= 4 is 29.4 Å². The van der Waals surface area contributed by atoms with Gasteiger partial charge in [0.25, 0.3) is 5.91 Å². The smallest absolute Gasteiger partial charge is 0.343 e. The number of anilines is 1. The highest BCUT2D eigenvalue weighted by atomic mass is 16.6. The quantitative estimate of drug-likeness (QED) is 0.0963. The summed E-state index contributed by atoms with van der Waals surface area (Å²) in [5, 5.41) is 15.0. The van der Waals surface area contributed by atoms with Gasteiger partial charge in [-0.3, -0.25) is 9.59 Å². The summed E-state index contributed by atoms with van der Waals surface area (Å²) in [7, 11) is 1.41. The highest BCUT2D eigenvalue weighted by Gasteiger charge is 2.23. The van der Waals surface area contributed by atoms with Gasteiger partial charge in [-0.05, 0) is 66.6 Å². The second-order valence-corrected chi connectivity index (χ2v) is 10.2. The second kappa shape index (κ2) is 17.3. The van der Waals surface area contributed by atoms with Gasteiger partial charge in [0.1, 0.15) is 11.8 Å². The number of ether oxygens (including phenoxy) is 3. The second-order valence-electron chi connectivity index (χ2n) is 10.2. The molecule has 1 atom stereocenters. The van der Waals surface area contributed by atoms with Gasteiger partial charge >= 0.3 is 11.9 Å². The van der Waals surface area contributed by atoms with Gasteiger partial charge in [-0.15, -0.1) is 0 Å². The van der Waals surface area contributed by atoms with E-state index in [1.165, 1.54) is 44.6 Å². The van der Waals surface area contributed by atoms with E-state index in [2.05, 4.69) is 17.6 Å². The topological polar surface area (TPSA) is 140 Å². The lowest BCUT2D eigenvalue weighted by Gasteiger charge is -2.16. The van der Waals surface area contributed by atoms with Crippen molar-refractivity contribution < 1.29 is 38.5 Å². The molecule has 0 heterocycles. The van der Waals surface area contributed by atoms with Crippen LogP contribution in [-0.2, 0) is 16.0 Å². The highest BCUT2D eigenvalue weighted by molar-refractivity contribution is 5.98. The van der Waals surface area contributed by atoms with E-state index in [-0.39, 0.29) is 35.8 Å². The number of hydrogen-bond acceptors (Lipinski definition) is 7. The summed E-state index contributed by atoms with van der Waals surface area (Å²) >= 11 is 0. The van der Waals surface area contributed by atoms with Crippen LogP contribution in [0.1, 0.15) is 78.7 Å². The number of rotatable bonds is 17. The minimum absolute atomic E-state index is 0.0576. The van der Waals surface area contributed by atoms with E-state index in [1.807, 2.05) is 0 Å². The van der Waals surface area contributed by atoms with Crippen molar-refractivity contribution in [2.24, 2.45) is 0 Å². The lowest BCUT2D eigenvalue weighted by molar-refractivity contribution is -0.139. The van der Waals surface area contributed by atoms with Crippen LogP contribution >= 0.6 is 0 Å². The molecule has 3 aromatic carbocycles. The molecule has 3 N–H and O–H groups in total. The first-order valence-electron chi connectivity index (χ1n) is 14.8. The maximum absolute atomic E-state index is 12.8. The number of carboxylic acid groups (broad SMARTS) is 1. The van der Waals surface area contributed by atoms with Crippen LogP contribution in [0.25, 0.3) is 0 Å². The maximum atomic E-state index is 12.8. The molecule has 10 nitrogen and oxygen atoms in total. The Morgan fingerprint density at radius 2 is 1.59 bits per heavy atom. The van der Waals surface area contributed by atoms with Gasteiger partial charge in [0.05, 0.1) is 19.3 Å². The van der Waals surface area contributed by atoms with Crippen LogP contribution in [0.2, 0.25) is 0 Å². The van der Waals surface area contributed by atoms with Crippen LogP contribution in [0.5, 0.6) is 17.2 Å². The number of carboxylic acids is 1. The van der Waals surface area contributed by atoms with Crippen LogP contribution in [0.4, 0.5) is 5.69 Å². The first-order valence-corrected chi connectivity index (χ1v) is 14.8. The van der Waals surface area contributed by atoms with Gasteiger partial charge in [0.15, 0.2) is 11.5 Å². The van der Waals surface area contributed by atoms with Crippen LogP contribution in [-0.4, -0.2) is 48.6 Å².